The molecule has 1 aliphatic heterocycles. The minimum atomic E-state index is -0.923. The number of ketones is 1. The molecule has 0 unspecified atom stereocenters. The number of rotatable bonds is 2. The van der Waals surface area contributed by atoms with Gasteiger partial charge in [-0.15, -0.1) is 0 Å². The lowest BCUT2D eigenvalue weighted by atomic mass is 10.0. The number of benzene rings is 1. The van der Waals surface area contributed by atoms with Crippen LogP contribution in [0.25, 0.3) is 0 Å². The molecule has 0 saturated carbocycles. The first-order valence-electron chi connectivity index (χ1n) is 6.63. The number of hydrogen-bond acceptors (Lipinski definition) is 5. The molecule has 1 aromatic carbocycles. The van der Waals surface area contributed by atoms with Gasteiger partial charge in [0.05, 0.1) is 24.3 Å². The minimum absolute atomic E-state index is 0.0538. The Morgan fingerprint density at radius 1 is 1.32 bits per heavy atom. The standard InChI is InChI=1S/C15H13F2NO3S/c1-7-5-20-6-8-11(14(18)22-15(8)21-7)13(19)12-9(16)3-2-4-10(12)17/h2-4,7H,5-6,18H2,1H3/t7-/m0/s1. The fourth-order valence-electron chi connectivity index (χ4n) is 2.32. The Hall–Kier alpha value is -1.99. The van der Waals surface area contributed by atoms with Gasteiger partial charge in [-0.25, -0.2) is 8.78 Å². The molecule has 0 radical (unpaired) electrons. The summed E-state index contributed by atoms with van der Waals surface area (Å²) < 4.78 is 38.7. The molecule has 0 bridgehead atoms. The van der Waals surface area contributed by atoms with E-state index in [9.17, 15) is 13.6 Å². The number of halogens is 2. The summed E-state index contributed by atoms with van der Waals surface area (Å²) >= 11 is 1.08. The van der Waals surface area contributed by atoms with E-state index in [1.54, 1.807) is 0 Å². The van der Waals surface area contributed by atoms with Crippen LogP contribution in [0.1, 0.15) is 28.4 Å². The molecule has 0 aliphatic carbocycles. The summed E-state index contributed by atoms with van der Waals surface area (Å²) in [5, 5.41) is 0.623. The van der Waals surface area contributed by atoms with Crippen molar-refractivity contribution in [3.63, 3.8) is 0 Å². The monoisotopic (exact) mass is 325 g/mol. The lowest BCUT2D eigenvalue weighted by Gasteiger charge is -2.08. The van der Waals surface area contributed by atoms with Gasteiger partial charge in [-0.2, -0.15) is 0 Å². The molecule has 2 heterocycles. The molecule has 116 valence electrons. The number of thiophene rings is 1. The number of ether oxygens (including phenoxy) is 2. The fourth-order valence-corrected chi connectivity index (χ4v) is 3.34. The number of carbonyl (C=O) groups excluding carboxylic acids is 1. The number of hydrogen-bond donors (Lipinski definition) is 1. The van der Waals surface area contributed by atoms with Crippen LogP contribution in [-0.2, 0) is 11.3 Å². The minimum Gasteiger partial charge on any atom is -0.478 e. The third-order valence-corrected chi connectivity index (χ3v) is 4.27. The van der Waals surface area contributed by atoms with Crippen LogP contribution in [0.2, 0.25) is 0 Å². The Balaban J connectivity index is 2.11. The number of fused-ring (bicyclic) bond motifs is 1. The van der Waals surface area contributed by atoms with E-state index >= 15 is 0 Å². The molecule has 22 heavy (non-hydrogen) atoms. The maximum absolute atomic E-state index is 13.8. The topological polar surface area (TPSA) is 61.5 Å². The highest BCUT2D eigenvalue weighted by molar-refractivity contribution is 7.18. The molecule has 3 rings (SSSR count). The van der Waals surface area contributed by atoms with E-state index in [2.05, 4.69) is 0 Å². The predicted molar refractivity (Wildman–Crippen MR) is 78.3 cm³/mol. The molecule has 0 amide bonds. The van der Waals surface area contributed by atoms with E-state index in [-0.39, 0.29) is 23.3 Å². The van der Waals surface area contributed by atoms with Gasteiger partial charge in [0.1, 0.15) is 22.7 Å². The van der Waals surface area contributed by atoms with E-state index in [0.29, 0.717) is 17.2 Å². The highest BCUT2D eigenvalue weighted by atomic mass is 32.1. The summed E-state index contributed by atoms with van der Waals surface area (Å²) in [5.41, 5.74) is 5.75. The second-order valence-corrected chi connectivity index (χ2v) is 5.99. The zero-order chi connectivity index (χ0) is 15.9. The van der Waals surface area contributed by atoms with E-state index in [0.717, 1.165) is 23.5 Å². The van der Waals surface area contributed by atoms with E-state index in [1.165, 1.54) is 6.07 Å². The summed E-state index contributed by atoms with van der Waals surface area (Å²) in [6.07, 6.45) is -0.188. The molecular formula is C15H13F2NO3S. The molecule has 2 aromatic rings. The van der Waals surface area contributed by atoms with E-state index in [1.807, 2.05) is 6.92 Å². The van der Waals surface area contributed by atoms with Crippen molar-refractivity contribution in [3.8, 4) is 5.06 Å². The Kier molecular flexibility index (Phi) is 3.84. The second-order valence-electron chi connectivity index (χ2n) is 4.98. The van der Waals surface area contributed by atoms with Gasteiger partial charge in [-0.3, -0.25) is 4.79 Å². The molecule has 1 aromatic heterocycles. The molecule has 2 N–H and O–H groups in total. The van der Waals surface area contributed by atoms with Crippen LogP contribution in [0, 0.1) is 11.6 Å². The van der Waals surface area contributed by atoms with Crippen molar-refractivity contribution in [2.24, 2.45) is 0 Å². The Morgan fingerprint density at radius 3 is 2.68 bits per heavy atom. The number of nitrogen functional groups attached to an aromatic ring is 1. The lowest BCUT2D eigenvalue weighted by Crippen LogP contribution is -2.15. The van der Waals surface area contributed by atoms with Gasteiger partial charge in [0.15, 0.2) is 5.06 Å². The van der Waals surface area contributed by atoms with Crippen LogP contribution >= 0.6 is 11.3 Å². The van der Waals surface area contributed by atoms with Crippen molar-refractivity contribution in [1.82, 2.24) is 0 Å². The SMILES string of the molecule is C[C@H]1COCc2c(sc(N)c2C(=O)c2c(F)cccc2F)O1. The Bertz CT molecular complexity index is 724. The fraction of sp³-hybridized carbons (Fsp3) is 0.267. The van der Waals surface area contributed by atoms with Crippen molar-refractivity contribution in [1.29, 1.82) is 0 Å². The maximum Gasteiger partial charge on any atom is 0.202 e. The van der Waals surface area contributed by atoms with Gasteiger partial charge in [-0.1, -0.05) is 17.4 Å². The summed E-state index contributed by atoms with van der Waals surface area (Å²) in [6, 6.07) is 3.27. The summed E-state index contributed by atoms with van der Waals surface area (Å²) in [6.45, 7) is 2.30. The third kappa shape index (κ3) is 2.46. The first-order chi connectivity index (χ1) is 10.5. The molecule has 4 nitrogen and oxygen atoms in total. The third-order valence-electron chi connectivity index (χ3n) is 3.32. The number of carbonyl (C=O) groups is 1. The summed E-state index contributed by atoms with van der Waals surface area (Å²) in [5.74, 6) is -2.64. The lowest BCUT2D eigenvalue weighted by molar-refractivity contribution is 0.0689. The molecule has 1 aliphatic rings. The van der Waals surface area contributed by atoms with Gasteiger partial charge in [0, 0.05) is 5.56 Å². The highest BCUT2D eigenvalue weighted by Crippen LogP contribution is 2.41. The van der Waals surface area contributed by atoms with Gasteiger partial charge in [0.25, 0.3) is 0 Å². The van der Waals surface area contributed by atoms with Gasteiger partial charge in [-0.05, 0) is 19.1 Å². The van der Waals surface area contributed by atoms with Crippen LogP contribution in [-0.4, -0.2) is 18.5 Å². The van der Waals surface area contributed by atoms with Crippen LogP contribution < -0.4 is 10.5 Å². The van der Waals surface area contributed by atoms with Crippen molar-refractivity contribution in [2.45, 2.75) is 19.6 Å². The van der Waals surface area contributed by atoms with Crippen molar-refractivity contribution in [2.75, 3.05) is 12.3 Å². The normalized spacial score (nSPS) is 17.5. The molecule has 7 heteroatoms. The molecule has 0 fully saturated rings. The smallest absolute Gasteiger partial charge is 0.202 e. The van der Waals surface area contributed by atoms with Crippen molar-refractivity contribution in [3.05, 3.63) is 46.5 Å². The zero-order valence-electron chi connectivity index (χ0n) is 11.7. The van der Waals surface area contributed by atoms with Crippen molar-refractivity contribution < 1.29 is 23.0 Å². The van der Waals surface area contributed by atoms with E-state index in [4.69, 9.17) is 15.2 Å². The molecule has 1 atom stereocenters. The van der Waals surface area contributed by atoms with Crippen LogP contribution in [0.5, 0.6) is 5.06 Å². The molecule has 0 spiro atoms. The van der Waals surface area contributed by atoms with Gasteiger partial charge < -0.3 is 15.2 Å². The average molecular weight is 325 g/mol. The Labute approximate surface area is 129 Å². The van der Waals surface area contributed by atoms with E-state index < -0.39 is 23.0 Å². The molecular weight excluding hydrogens is 312 g/mol. The highest BCUT2D eigenvalue weighted by Gasteiger charge is 2.30. The van der Waals surface area contributed by atoms with Gasteiger partial charge in [0.2, 0.25) is 5.78 Å². The van der Waals surface area contributed by atoms with Crippen LogP contribution in [0.3, 0.4) is 0 Å². The van der Waals surface area contributed by atoms with Gasteiger partial charge >= 0.3 is 0 Å². The Morgan fingerprint density at radius 2 is 2.00 bits per heavy atom. The second kappa shape index (κ2) is 5.66. The number of anilines is 1. The first-order valence-corrected chi connectivity index (χ1v) is 7.45. The van der Waals surface area contributed by atoms with Crippen LogP contribution in [0.4, 0.5) is 13.8 Å². The average Bonchev–Trinajstić information content (AvgIpc) is 2.62. The quantitative estimate of drug-likeness (QED) is 0.862. The zero-order valence-corrected chi connectivity index (χ0v) is 12.5. The first kappa shape index (κ1) is 14.9. The summed E-state index contributed by atoms with van der Waals surface area (Å²) in [7, 11) is 0. The molecule has 0 saturated heterocycles. The summed E-state index contributed by atoms with van der Waals surface area (Å²) in [4.78, 5) is 12.6. The maximum atomic E-state index is 13.8. The largest absolute Gasteiger partial charge is 0.478 e. The van der Waals surface area contributed by atoms with Crippen LogP contribution in [0.15, 0.2) is 18.2 Å². The predicted octanol–water partition coefficient (Wildman–Crippen LogP) is 3.14. The number of nitrogens with two attached hydrogens (primary N) is 1. The van der Waals surface area contributed by atoms with Crippen molar-refractivity contribution >= 4 is 22.1 Å².